The summed E-state index contributed by atoms with van der Waals surface area (Å²) in [5.41, 5.74) is 0. The van der Waals surface area contributed by atoms with E-state index in [2.05, 4.69) is 5.32 Å². The SMILES string of the molecule is COCCC(C)NC(=O)c1cccs1. The molecule has 1 rings (SSSR count). The number of nitrogens with one attached hydrogen (secondary N) is 1. The Hall–Kier alpha value is -0.870. The number of ether oxygens (including phenoxy) is 1. The predicted molar refractivity (Wildman–Crippen MR) is 57.7 cm³/mol. The maximum absolute atomic E-state index is 11.5. The van der Waals surface area contributed by atoms with Gasteiger partial charge in [0.05, 0.1) is 4.88 Å². The van der Waals surface area contributed by atoms with E-state index in [1.807, 2.05) is 24.4 Å². The molecule has 0 spiro atoms. The van der Waals surface area contributed by atoms with E-state index in [0.717, 1.165) is 11.3 Å². The highest BCUT2D eigenvalue weighted by Gasteiger charge is 2.09. The van der Waals surface area contributed by atoms with E-state index in [1.165, 1.54) is 11.3 Å². The topological polar surface area (TPSA) is 38.3 Å². The molecule has 1 unspecified atom stereocenters. The summed E-state index contributed by atoms with van der Waals surface area (Å²) in [6.07, 6.45) is 0.841. The fourth-order valence-electron chi connectivity index (χ4n) is 1.07. The van der Waals surface area contributed by atoms with Crippen molar-refractivity contribution < 1.29 is 9.53 Å². The molecule has 4 heteroatoms. The number of carbonyl (C=O) groups is 1. The normalized spacial score (nSPS) is 12.4. The minimum absolute atomic E-state index is 0.00334. The molecule has 0 saturated carbocycles. The summed E-state index contributed by atoms with van der Waals surface area (Å²) < 4.78 is 4.94. The molecule has 0 aliphatic heterocycles. The van der Waals surface area contributed by atoms with E-state index in [0.29, 0.717) is 6.61 Å². The number of rotatable bonds is 5. The van der Waals surface area contributed by atoms with E-state index >= 15 is 0 Å². The quantitative estimate of drug-likeness (QED) is 0.811. The number of hydrogen-bond donors (Lipinski definition) is 1. The lowest BCUT2D eigenvalue weighted by atomic mass is 10.2. The van der Waals surface area contributed by atoms with E-state index in [1.54, 1.807) is 7.11 Å². The molecule has 0 radical (unpaired) electrons. The first-order valence-electron chi connectivity index (χ1n) is 4.57. The molecule has 1 amide bonds. The molecule has 0 fully saturated rings. The lowest BCUT2D eigenvalue weighted by Gasteiger charge is -2.12. The number of thiophene rings is 1. The molecule has 0 aliphatic carbocycles. The molecule has 3 nitrogen and oxygen atoms in total. The van der Waals surface area contributed by atoms with E-state index < -0.39 is 0 Å². The van der Waals surface area contributed by atoms with Gasteiger partial charge in [-0.2, -0.15) is 0 Å². The smallest absolute Gasteiger partial charge is 0.261 e. The summed E-state index contributed by atoms with van der Waals surface area (Å²) in [5.74, 6) is 0.00334. The highest BCUT2D eigenvalue weighted by molar-refractivity contribution is 7.12. The molecular formula is C10H15NO2S. The monoisotopic (exact) mass is 213 g/mol. The third kappa shape index (κ3) is 3.47. The van der Waals surface area contributed by atoms with Crippen LogP contribution in [0.5, 0.6) is 0 Å². The van der Waals surface area contributed by atoms with E-state index in [-0.39, 0.29) is 11.9 Å². The minimum atomic E-state index is 0.00334. The largest absolute Gasteiger partial charge is 0.385 e. The molecule has 14 heavy (non-hydrogen) atoms. The zero-order valence-corrected chi connectivity index (χ0v) is 9.26. The highest BCUT2D eigenvalue weighted by Crippen LogP contribution is 2.08. The maximum atomic E-state index is 11.5. The van der Waals surface area contributed by atoms with Crippen molar-refractivity contribution in [2.24, 2.45) is 0 Å². The molecule has 1 aromatic rings. The molecule has 1 N–H and O–H groups in total. The average molecular weight is 213 g/mol. The van der Waals surface area contributed by atoms with Gasteiger partial charge in [0.15, 0.2) is 0 Å². The Bertz CT molecular complexity index is 272. The van der Waals surface area contributed by atoms with Crippen LogP contribution in [-0.4, -0.2) is 25.7 Å². The van der Waals surface area contributed by atoms with Gasteiger partial charge in [0.1, 0.15) is 0 Å². The fraction of sp³-hybridized carbons (Fsp3) is 0.500. The zero-order valence-electron chi connectivity index (χ0n) is 8.45. The third-order valence-electron chi connectivity index (χ3n) is 1.88. The first-order valence-corrected chi connectivity index (χ1v) is 5.45. The number of hydrogen-bond acceptors (Lipinski definition) is 3. The van der Waals surface area contributed by atoms with Crippen LogP contribution in [0.1, 0.15) is 23.0 Å². The van der Waals surface area contributed by atoms with E-state index in [4.69, 9.17) is 4.74 Å². The van der Waals surface area contributed by atoms with Gasteiger partial charge in [0.2, 0.25) is 0 Å². The van der Waals surface area contributed by atoms with Gasteiger partial charge in [-0.25, -0.2) is 0 Å². The molecule has 0 aromatic carbocycles. The minimum Gasteiger partial charge on any atom is -0.385 e. The first-order chi connectivity index (χ1) is 6.74. The highest BCUT2D eigenvalue weighted by atomic mass is 32.1. The van der Waals surface area contributed by atoms with Crippen molar-refractivity contribution in [2.45, 2.75) is 19.4 Å². The molecule has 0 saturated heterocycles. The Morgan fingerprint density at radius 1 is 1.71 bits per heavy atom. The number of carbonyl (C=O) groups excluding carboxylic acids is 1. The van der Waals surface area contributed by atoms with Gasteiger partial charge in [-0.05, 0) is 24.8 Å². The van der Waals surface area contributed by atoms with Gasteiger partial charge in [-0.1, -0.05) is 6.07 Å². The van der Waals surface area contributed by atoms with Gasteiger partial charge >= 0.3 is 0 Å². The lowest BCUT2D eigenvalue weighted by molar-refractivity contribution is 0.0933. The van der Waals surface area contributed by atoms with Gasteiger partial charge in [-0.15, -0.1) is 11.3 Å². The lowest BCUT2D eigenvalue weighted by Crippen LogP contribution is -2.32. The molecule has 1 atom stereocenters. The summed E-state index contributed by atoms with van der Waals surface area (Å²) in [4.78, 5) is 12.3. The molecule has 1 aromatic heterocycles. The Morgan fingerprint density at radius 2 is 2.50 bits per heavy atom. The second-order valence-corrected chi connectivity index (χ2v) is 4.08. The van der Waals surface area contributed by atoms with Crippen molar-refractivity contribution in [3.63, 3.8) is 0 Å². The van der Waals surface area contributed by atoms with Gasteiger partial charge in [-0.3, -0.25) is 4.79 Å². The Balaban J connectivity index is 2.34. The van der Waals surface area contributed by atoms with Crippen molar-refractivity contribution >= 4 is 17.2 Å². The number of methoxy groups -OCH3 is 1. The first kappa shape index (κ1) is 11.2. The van der Waals surface area contributed by atoms with Crippen molar-refractivity contribution in [3.05, 3.63) is 22.4 Å². The van der Waals surface area contributed by atoms with Crippen LogP contribution in [-0.2, 0) is 4.74 Å². The summed E-state index contributed by atoms with van der Waals surface area (Å²) in [5, 5.41) is 4.81. The zero-order chi connectivity index (χ0) is 10.4. The predicted octanol–water partition coefficient (Wildman–Crippen LogP) is 1.90. The van der Waals surface area contributed by atoms with Crippen molar-refractivity contribution in [3.8, 4) is 0 Å². The van der Waals surface area contributed by atoms with Crippen LogP contribution in [0.25, 0.3) is 0 Å². The summed E-state index contributed by atoms with van der Waals surface area (Å²) >= 11 is 1.45. The Morgan fingerprint density at radius 3 is 3.07 bits per heavy atom. The molecular weight excluding hydrogens is 198 g/mol. The molecule has 0 bridgehead atoms. The fourth-order valence-corrected chi connectivity index (χ4v) is 1.70. The van der Waals surface area contributed by atoms with Crippen LogP contribution in [0.15, 0.2) is 17.5 Å². The van der Waals surface area contributed by atoms with Crippen LogP contribution in [0.4, 0.5) is 0 Å². The molecule has 0 aliphatic rings. The Labute approximate surface area is 88.1 Å². The van der Waals surface area contributed by atoms with Crippen LogP contribution in [0, 0.1) is 0 Å². The third-order valence-corrected chi connectivity index (χ3v) is 2.75. The maximum Gasteiger partial charge on any atom is 0.261 e. The Kier molecular flexibility index (Phi) is 4.62. The van der Waals surface area contributed by atoms with Crippen LogP contribution in [0.2, 0.25) is 0 Å². The van der Waals surface area contributed by atoms with Crippen LogP contribution < -0.4 is 5.32 Å². The second-order valence-electron chi connectivity index (χ2n) is 3.13. The van der Waals surface area contributed by atoms with Gasteiger partial charge < -0.3 is 10.1 Å². The summed E-state index contributed by atoms with van der Waals surface area (Å²) in [6.45, 7) is 2.65. The second kappa shape index (κ2) is 5.78. The number of amides is 1. The van der Waals surface area contributed by atoms with E-state index in [9.17, 15) is 4.79 Å². The van der Waals surface area contributed by atoms with Crippen LogP contribution in [0.3, 0.4) is 0 Å². The van der Waals surface area contributed by atoms with Crippen molar-refractivity contribution in [1.29, 1.82) is 0 Å². The molecule has 78 valence electrons. The van der Waals surface area contributed by atoms with Gasteiger partial charge in [0, 0.05) is 19.8 Å². The van der Waals surface area contributed by atoms with Crippen molar-refractivity contribution in [1.82, 2.24) is 5.32 Å². The summed E-state index contributed by atoms with van der Waals surface area (Å²) in [6, 6.07) is 3.85. The van der Waals surface area contributed by atoms with Crippen molar-refractivity contribution in [2.75, 3.05) is 13.7 Å². The standard InChI is InChI=1S/C10H15NO2S/c1-8(5-6-13-2)11-10(12)9-4-3-7-14-9/h3-4,7-8H,5-6H2,1-2H3,(H,11,12). The summed E-state index contributed by atoms with van der Waals surface area (Å²) in [7, 11) is 1.66. The molecule has 1 heterocycles. The average Bonchev–Trinajstić information content (AvgIpc) is 2.67. The van der Waals surface area contributed by atoms with Gasteiger partial charge in [0.25, 0.3) is 5.91 Å². The van der Waals surface area contributed by atoms with Crippen LogP contribution >= 0.6 is 11.3 Å².